The van der Waals surface area contributed by atoms with Crippen LogP contribution in [0, 0.1) is 11.8 Å². The minimum absolute atomic E-state index is 0.128. The van der Waals surface area contributed by atoms with Crippen LogP contribution in [0.15, 0.2) is 24.3 Å². The van der Waals surface area contributed by atoms with E-state index in [9.17, 15) is 8.78 Å². The molecule has 2 N–H and O–H groups in total. The van der Waals surface area contributed by atoms with E-state index in [1.165, 1.54) is 0 Å². The van der Waals surface area contributed by atoms with E-state index >= 15 is 0 Å². The van der Waals surface area contributed by atoms with Gasteiger partial charge in [0.05, 0.1) is 13.2 Å². The molecule has 0 fully saturated rings. The first-order chi connectivity index (χ1) is 8.72. The van der Waals surface area contributed by atoms with Crippen LogP contribution in [0.2, 0.25) is 0 Å². The van der Waals surface area contributed by atoms with Gasteiger partial charge in [-0.1, -0.05) is 17.9 Å². The second-order valence-electron chi connectivity index (χ2n) is 3.35. The molecule has 1 rings (SSSR count). The van der Waals surface area contributed by atoms with Crippen molar-refractivity contribution >= 4 is 0 Å². The van der Waals surface area contributed by atoms with Gasteiger partial charge < -0.3 is 15.2 Å². The van der Waals surface area contributed by atoms with Crippen molar-refractivity contribution in [3.8, 4) is 17.6 Å². The van der Waals surface area contributed by atoms with Crippen LogP contribution in [-0.2, 0) is 4.74 Å². The number of hydrogen-bond donors (Lipinski definition) is 1. The molecule has 0 bridgehead atoms. The van der Waals surface area contributed by atoms with Crippen LogP contribution < -0.4 is 10.5 Å². The lowest BCUT2D eigenvalue weighted by Gasteiger charge is -2.07. The van der Waals surface area contributed by atoms with E-state index in [0.717, 1.165) is 5.56 Å². The molecule has 3 nitrogen and oxygen atoms in total. The lowest BCUT2D eigenvalue weighted by Crippen LogP contribution is -2.11. The van der Waals surface area contributed by atoms with E-state index < -0.39 is 13.0 Å². The molecule has 98 valence electrons. The number of rotatable bonds is 6. The first kappa shape index (κ1) is 14.4. The quantitative estimate of drug-likeness (QED) is 0.621. The number of ether oxygens (including phenoxy) is 2. The van der Waals surface area contributed by atoms with Crippen molar-refractivity contribution in [3.05, 3.63) is 29.8 Å². The maximum atomic E-state index is 11.8. The number of alkyl halides is 2. The summed E-state index contributed by atoms with van der Waals surface area (Å²) >= 11 is 0. The summed E-state index contributed by atoms with van der Waals surface area (Å²) in [5.41, 5.74) is 6.07. The van der Waals surface area contributed by atoms with Gasteiger partial charge >= 0.3 is 0 Å². The van der Waals surface area contributed by atoms with E-state index in [4.69, 9.17) is 15.2 Å². The van der Waals surface area contributed by atoms with Crippen LogP contribution in [0.3, 0.4) is 0 Å². The fraction of sp³-hybridized carbons (Fsp3) is 0.385. The van der Waals surface area contributed by atoms with Gasteiger partial charge in [0.15, 0.2) is 0 Å². The summed E-state index contributed by atoms with van der Waals surface area (Å²) in [6, 6.07) is 7.16. The first-order valence-corrected chi connectivity index (χ1v) is 5.50. The van der Waals surface area contributed by atoms with Crippen molar-refractivity contribution in [2.45, 2.75) is 6.43 Å². The SMILES string of the molecule is NCC#Cc1cccc(OCCOCC(F)F)c1. The van der Waals surface area contributed by atoms with Gasteiger partial charge in [-0.2, -0.15) is 0 Å². The normalized spacial score (nSPS) is 10.0. The first-order valence-electron chi connectivity index (χ1n) is 5.50. The third-order valence-corrected chi connectivity index (χ3v) is 1.91. The molecule has 0 spiro atoms. The molecule has 0 saturated carbocycles. The van der Waals surface area contributed by atoms with E-state index in [2.05, 4.69) is 11.8 Å². The summed E-state index contributed by atoms with van der Waals surface area (Å²) in [6.45, 7) is 0.0848. The van der Waals surface area contributed by atoms with Crippen LogP contribution >= 0.6 is 0 Å². The lowest BCUT2D eigenvalue weighted by molar-refractivity contribution is 0.00763. The van der Waals surface area contributed by atoms with Crippen LogP contribution in [0.25, 0.3) is 0 Å². The van der Waals surface area contributed by atoms with Crippen molar-refractivity contribution in [1.82, 2.24) is 0 Å². The van der Waals surface area contributed by atoms with Crippen molar-refractivity contribution < 1.29 is 18.3 Å². The van der Waals surface area contributed by atoms with Crippen molar-refractivity contribution in [2.75, 3.05) is 26.4 Å². The van der Waals surface area contributed by atoms with Gasteiger partial charge in [0.25, 0.3) is 6.43 Å². The maximum absolute atomic E-state index is 11.8. The van der Waals surface area contributed by atoms with Gasteiger partial charge in [-0.15, -0.1) is 0 Å². The highest BCUT2D eigenvalue weighted by Crippen LogP contribution is 2.12. The third kappa shape index (κ3) is 6.18. The standard InChI is InChI=1S/C13H15F2NO2/c14-13(15)10-17-7-8-18-12-5-1-3-11(9-12)4-2-6-16/h1,3,5,9,13H,6-8,10,16H2. The number of halogens is 2. The smallest absolute Gasteiger partial charge is 0.261 e. The van der Waals surface area contributed by atoms with Gasteiger partial charge in [-0.25, -0.2) is 8.78 Å². The molecule has 0 atom stereocenters. The third-order valence-electron chi connectivity index (χ3n) is 1.91. The average Bonchev–Trinajstić information content (AvgIpc) is 2.36. The zero-order valence-corrected chi connectivity index (χ0v) is 9.86. The summed E-state index contributed by atoms with van der Waals surface area (Å²) < 4.78 is 33.6. The van der Waals surface area contributed by atoms with Gasteiger partial charge in [-0.3, -0.25) is 0 Å². The molecule has 1 aromatic carbocycles. The molecular weight excluding hydrogens is 240 g/mol. The number of nitrogens with two attached hydrogens (primary N) is 1. The Hall–Kier alpha value is -1.64. The predicted molar refractivity (Wildman–Crippen MR) is 64.7 cm³/mol. The van der Waals surface area contributed by atoms with Crippen LogP contribution in [0.5, 0.6) is 5.75 Å². The summed E-state index contributed by atoms with van der Waals surface area (Å²) in [7, 11) is 0. The van der Waals surface area contributed by atoms with Crippen LogP contribution in [-0.4, -0.2) is 32.8 Å². The van der Waals surface area contributed by atoms with E-state index in [1.807, 2.05) is 6.07 Å². The van der Waals surface area contributed by atoms with Gasteiger partial charge in [0, 0.05) is 5.56 Å². The molecule has 1 aromatic rings. The number of hydrogen-bond acceptors (Lipinski definition) is 3. The molecule has 0 heterocycles. The Morgan fingerprint density at radius 3 is 2.83 bits per heavy atom. The average molecular weight is 255 g/mol. The Bertz CT molecular complexity index is 413. The van der Waals surface area contributed by atoms with Gasteiger partial charge in [-0.05, 0) is 18.2 Å². The zero-order valence-electron chi connectivity index (χ0n) is 9.86. The molecule has 18 heavy (non-hydrogen) atoms. The van der Waals surface area contributed by atoms with E-state index in [1.54, 1.807) is 18.2 Å². The molecule has 5 heteroatoms. The summed E-state index contributed by atoms with van der Waals surface area (Å²) in [4.78, 5) is 0. The Morgan fingerprint density at radius 1 is 1.28 bits per heavy atom. The monoisotopic (exact) mass is 255 g/mol. The summed E-state index contributed by atoms with van der Waals surface area (Å²) in [5, 5.41) is 0. The second kappa shape index (κ2) is 8.45. The Balaban J connectivity index is 2.34. The zero-order chi connectivity index (χ0) is 13.2. The van der Waals surface area contributed by atoms with E-state index in [0.29, 0.717) is 12.3 Å². The summed E-state index contributed by atoms with van der Waals surface area (Å²) in [5.74, 6) is 6.24. The van der Waals surface area contributed by atoms with Crippen LogP contribution in [0.1, 0.15) is 5.56 Å². The van der Waals surface area contributed by atoms with Crippen molar-refractivity contribution in [3.63, 3.8) is 0 Å². The molecule has 0 amide bonds. The fourth-order valence-corrected chi connectivity index (χ4v) is 1.21. The molecule has 0 aliphatic carbocycles. The van der Waals surface area contributed by atoms with Crippen molar-refractivity contribution in [1.29, 1.82) is 0 Å². The lowest BCUT2D eigenvalue weighted by atomic mass is 10.2. The highest BCUT2D eigenvalue weighted by molar-refractivity contribution is 5.39. The van der Waals surface area contributed by atoms with Crippen LogP contribution in [0.4, 0.5) is 8.78 Å². The summed E-state index contributed by atoms with van der Waals surface area (Å²) in [6.07, 6.45) is -2.44. The Kier molecular flexibility index (Phi) is 6.77. The molecular formula is C13H15F2NO2. The largest absolute Gasteiger partial charge is 0.491 e. The topological polar surface area (TPSA) is 44.5 Å². The fourth-order valence-electron chi connectivity index (χ4n) is 1.21. The molecule has 0 unspecified atom stereocenters. The maximum Gasteiger partial charge on any atom is 0.261 e. The minimum atomic E-state index is -2.44. The molecule has 0 aliphatic heterocycles. The molecule has 0 radical (unpaired) electrons. The Labute approximate surface area is 105 Å². The minimum Gasteiger partial charge on any atom is -0.491 e. The predicted octanol–water partition coefficient (Wildman–Crippen LogP) is 1.66. The van der Waals surface area contributed by atoms with Gasteiger partial charge in [0.2, 0.25) is 0 Å². The van der Waals surface area contributed by atoms with Gasteiger partial charge in [0.1, 0.15) is 19.0 Å². The second-order valence-corrected chi connectivity index (χ2v) is 3.35. The van der Waals surface area contributed by atoms with E-state index in [-0.39, 0.29) is 13.2 Å². The number of benzene rings is 1. The van der Waals surface area contributed by atoms with Crippen molar-refractivity contribution in [2.24, 2.45) is 5.73 Å². The molecule has 0 aromatic heterocycles. The highest BCUT2D eigenvalue weighted by atomic mass is 19.3. The molecule has 0 aliphatic rings. The molecule has 0 saturated heterocycles. The Morgan fingerprint density at radius 2 is 2.11 bits per heavy atom. The highest BCUT2D eigenvalue weighted by Gasteiger charge is 2.01.